The maximum absolute atomic E-state index is 12.4. The Balaban J connectivity index is 1.49. The van der Waals surface area contributed by atoms with Crippen LogP contribution < -0.4 is 5.32 Å². The van der Waals surface area contributed by atoms with E-state index in [4.69, 9.17) is 0 Å². The zero-order valence-corrected chi connectivity index (χ0v) is 14.1. The van der Waals surface area contributed by atoms with Crippen LogP contribution in [0.5, 0.6) is 0 Å². The predicted molar refractivity (Wildman–Crippen MR) is 97.1 cm³/mol. The lowest BCUT2D eigenvalue weighted by Gasteiger charge is -2.24. The van der Waals surface area contributed by atoms with Gasteiger partial charge in [0.15, 0.2) is 0 Å². The number of carbonyl (C=O) groups is 1. The van der Waals surface area contributed by atoms with Crippen molar-refractivity contribution >= 4 is 11.7 Å². The fraction of sp³-hybridized carbons (Fsp3) is 0.200. The molecule has 0 aliphatic carbocycles. The molecular formula is C20H20N4O. The minimum atomic E-state index is -0.124. The molecule has 5 nitrogen and oxygen atoms in total. The van der Waals surface area contributed by atoms with Crippen LogP contribution in [-0.4, -0.2) is 21.0 Å². The van der Waals surface area contributed by atoms with Crippen LogP contribution in [0.4, 0.5) is 5.82 Å². The number of aromatic amines is 1. The van der Waals surface area contributed by atoms with Crippen molar-refractivity contribution in [1.29, 1.82) is 0 Å². The third-order valence-electron chi connectivity index (χ3n) is 4.77. The van der Waals surface area contributed by atoms with Crippen molar-refractivity contribution in [2.45, 2.75) is 26.1 Å². The first-order valence-electron chi connectivity index (χ1n) is 8.44. The molecule has 0 spiro atoms. The number of nitrogens with one attached hydrogen (secondary N) is 2. The number of aromatic nitrogens is 2. The molecule has 3 aromatic rings. The fourth-order valence-corrected chi connectivity index (χ4v) is 3.25. The summed E-state index contributed by atoms with van der Waals surface area (Å²) < 4.78 is 0. The highest BCUT2D eigenvalue weighted by Gasteiger charge is 2.29. The van der Waals surface area contributed by atoms with Crippen molar-refractivity contribution in [3.8, 4) is 0 Å². The van der Waals surface area contributed by atoms with E-state index in [2.05, 4.69) is 51.6 Å². The Labute approximate surface area is 146 Å². The predicted octanol–water partition coefficient (Wildman–Crippen LogP) is 3.74. The summed E-state index contributed by atoms with van der Waals surface area (Å²) in [7, 11) is 0. The maximum Gasteiger partial charge on any atom is 0.256 e. The van der Waals surface area contributed by atoms with Crippen LogP contribution in [0, 0.1) is 0 Å². The normalized spacial score (nSPS) is 14.9. The molecule has 0 radical (unpaired) electrons. The highest BCUT2D eigenvalue weighted by molar-refractivity contribution is 6.04. The SMILES string of the molecule is CC(c1ccccc1)N1Cc2n[nH]c(NC(=O)c3ccccc3)c2C1. The highest BCUT2D eigenvalue weighted by atomic mass is 16.1. The quantitative estimate of drug-likeness (QED) is 0.765. The first-order valence-corrected chi connectivity index (χ1v) is 8.44. The highest BCUT2D eigenvalue weighted by Crippen LogP contribution is 2.33. The molecule has 0 fully saturated rings. The maximum atomic E-state index is 12.4. The summed E-state index contributed by atoms with van der Waals surface area (Å²) in [6.45, 7) is 3.75. The van der Waals surface area contributed by atoms with E-state index in [0.717, 1.165) is 24.3 Å². The molecule has 126 valence electrons. The van der Waals surface area contributed by atoms with Gasteiger partial charge in [0.2, 0.25) is 0 Å². The van der Waals surface area contributed by atoms with Gasteiger partial charge in [0, 0.05) is 30.3 Å². The van der Waals surface area contributed by atoms with Crippen molar-refractivity contribution in [1.82, 2.24) is 15.1 Å². The minimum Gasteiger partial charge on any atom is -0.307 e. The van der Waals surface area contributed by atoms with Crippen LogP contribution in [0.3, 0.4) is 0 Å². The van der Waals surface area contributed by atoms with E-state index in [1.807, 2.05) is 24.3 Å². The van der Waals surface area contributed by atoms with Gasteiger partial charge in [-0.05, 0) is 24.6 Å². The van der Waals surface area contributed by atoms with Gasteiger partial charge in [-0.1, -0.05) is 48.5 Å². The Bertz CT molecular complexity index is 873. The summed E-state index contributed by atoms with van der Waals surface area (Å²) >= 11 is 0. The number of hydrogen-bond acceptors (Lipinski definition) is 3. The molecule has 0 saturated carbocycles. The van der Waals surface area contributed by atoms with E-state index in [1.54, 1.807) is 12.1 Å². The van der Waals surface area contributed by atoms with Crippen molar-refractivity contribution in [2.24, 2.45) is 0 Å². The minimum absolute atomic E-state index is 0.124. The summed E-state index contributed by atoms with van der Waals surface area (Å²) in [6.07, 6.45) is 0. The smallest absolute Gasteiger partial charge is 0.256 e. The molecule has 2 aromatic carbocycles. The summed E-state index contributed by atoms with van der Waals surface area (Å²) in [4.78, 5) is 14.7. The van der Waals surface area contributed by atoms with Crippen molar-refractivity contribution in [3.05, 3.63) is 83.0 Å². The van der Waals surface area contributed by atoms with Gasteiger partial charge >= 0.3 is 0 Å². The van der Waals surface area contributed by atoms with Crippen molar-refractivity contribution < 1.29 is 4.79 Å². The topological polar surface area (TPSA) is 61.0 Å². The number of amides is 1. The molecule has 2 N–H and O–H groups in total. The number of rotatable bonds is 4. The molecular weight excluding hydrogens is 312 g/mol. The van der Waals surface area contributed by atoms with E-state index in [0.29, 0.717) is 17.4 Å². The number of fused-ring (bicyclic) bond motifs is 1. The lowest BCUT2D eigenvalue weighted by molar-refractivity contribution is 0.102. The van der Waals surface area contributed by atoms with Gasteiger partial charge in [-0.25, -0.2) is 0 Å². The van der Waals surface area contributed by atoms with Crippen LogP contribution in [0.25, 0.3) is 0 Å². The van der Waals surface area contributed by atoms with Crippen LogP contribution >= 0.6 is 0 Å². The zero-order chi connectivity index (χ0) is 17.2. The molecule has 2 heterocycles. The molecule has 1 aliphatic rings. The van der Waals surface area contributed by atoms with Crippen molar-refractivity contribution in [3.63, 3.8) is 0 Å². The summed E-state index contributed by atoms with van der Waals surface area (Å²) in [5.41, 5.74) is 4.00. The first kappa shape index (κ1) is 15.6. The van der Waals surface area contributed by atoms with E-state index in [1.165, 1.54) is 5.56 Å². The second kappa shape index (κ2) is 6.53. The number of nitrogens with zero attached hydrogens (tertiary/aromatic N) is 2. The summed E-state index contributed by atoms with van der Waals surface area (Å²) in [5, 5.41) is 10.3. The number of benzene rings is 2. The molecule has 0 saturated heterocycles. The van der Waals surface area contributed by atoms with Crippen LogP contribution in [-0.2, 0) is 13.1 Å². The second-order valence-electron chi connectivity index (χ2n) is 6.34. The Morgan fingerprint density at radius 3 is 2.48 bits per heavy atom. The van der Waals surface area contributed by atoms with Crippen LogP contribution in [0.1, 0.15) is 40.1 Å². The summed E-state index contributed by atoms with van der Waals surface area (Å²) in [5.74, 6) is 0.577. The lowest BCUT2D eigenvalue weighted by atomic mass is 10.1. The Morgan fingerprint density at radius 2 is 1.76 bits per heavy atom. The van der Waals surface area contributed by atoms with Gasteiger partial charge in [-0.3, -0.25) is 14.8 Å². The number of carbonyl (C=O) groups excluding carboxylic acids is 1. The number of H-pyrrole nitrogens is 1. The molecule has 1 unspecified atom stereocenters. The third kappa shape index (κ3) is 3.06. The first-order chi connectivity index (χ1) is 12.2. The molecule has 1 atom stereocenters. The van der Waals surface area contributed by atoms with Gasteiger partial charge in [0.25, 0.3) is 5.91 Å². The Hall–Kier alpha value is -2.92. The lowest BCUT2D eigenvalue weighted by Crippen LogP contribution is -2.21. The van der Waals surface area contributed by atoms with Gasteiger partial charge < -0.3 is 5.32 Å². The zero-order valence-electron chi connectivity index (χ0n) is 14.1. The van der Waals surface area contributed by atoms with Gasteiger partial charge in [0.1, 0.15) is 5.82 Å². The number of hydrogen-bond donors (Lipinski definition) is 2. The molecule has 25 heavy (non-hydrogen) atoms. The average Bonchev–Trinajstić information content (AvgIpc) is 3.24. The van der Waals surface area contributed by atoms with Crippen LogP contribution in [0.15, 0.2) is 60.7 Å². The van der Waals surface area contributed by atoms with E-state index in [9.17, 15) is 4.79 Å². The molecule has 0 bridgehead atoms. The van der Waals surface area contributed by atoms with E-state index < -0.39 is 0 Å². The Morgan fingerprint density at radius 1 is 1.08 bits per heavy atom. The fourth-order valence-electron chi connectivity index (χ4n) is 3.25. The van der Waals surface area contributed by atoms with E-state index in [-0.39, 0.29) is 5.91 Å². The monoisotopic (exact) mass is 332 g/mol. The number of anilines is 1. The molecule has 5 heteroatoms. The molecule has 1 aliphatic heterocycles. The van der Waals surface area contributed by atoms with Gasteiger partial charge in [-0.15, -0.1) is 0 Å². The Kier molecular flexibility index (Phi) is 4.07. The van der Waals surface area contributed by atoms with Crippen LogP contribution in [0.2, 0.25) is 0 Å². The summed E-state index contributed by atoms with van der Waals surface area (Å²) in [6, 6.07) is 20.0. The van der Waals surface area contributed by atoms with Gasteiger partial charge in [-0.2, -0.15) is 5.10 Å². The average molecular weight is 332 g/mol. The van der Waals surface area contributed by atoms with E-state index >= 15 is 0 Å². The molecule has 4 rings (SSSR count). The third-order valence-corrected chi connectivity index (χ3v) is 4.77. The standard InChI is InChI=1S/C20H20N4O/c1-14(15-8-4-2-5-9-15)24-12-17-18(13-24)22-23-19(17)21-20(25)16-10-6-3-7-11-16/h2-11,14H,12-13H2,1H3,(H2,21,22,23,25). The second-order valence-corrected chi connectivity index (χ2v) is 6.34. The molecule has 1 aromatic heterocycles. The largest absolute Gasteiger partial charge is 0.307 e. The van der Waals surface area contributed by atoms with Crippen molar-refractivity contribution in [2.75, 3.05) is 5.32 Å². The van der Waals surface area contributed by atoms with Gasteiger partial charge in [0.05, 0.1) is 5.69 Å². The molecule has 1 amide bonds.